The standard InChI is InChI=1S/C12H26NO2/c1-3-5-9-14-10-6-13(4-2)7-11-15-12-8-13/h3-12H2,1-2H3/q+1. The van der Waals surface area contributed by atoms with Crippen molar-refractivity contribution in [3.8, 4) is 0 Å². The highest BCUT2D eigenvalue weighted by atomic mass is 16.5. The van der Waals surface area contributed by atoms with Gasteiger partial charge in [-0.25, -0.2) is 0 Å². The third kappa shape index (κ3) is 4.49. The van der Waals surface area contributed by atoms with Crippen LogP contribution < -0.4 is 0 Å². The number of hydrogen-bond acceptors (Lipinski definition) is 2. The Bertz CT molecular complexity index is 156. The van der Waals surface area contributed by atoms with Crippen LogP contribution in [0.1, 0.15) is 26.7 Å². The van der Waals surface area contributed by atoms with Crippen molar-refractivity contribution in [1.82, 2.24) is 0 Å². The number of unbranched alkanes of at least 4 members (excludes halogenated alkanes) is 1. The molecule has 1 aliphatic rings. The summed E-state index contributed by atoms with van der Waals surface area (Å²) in [5.74, 6) is 0. The summed E-state index contributed by atoms with van der Waals surface area (Å²) in [4.78, 5) is 0. The van der Waals surface area contributed by atoms with Crippen molar-refractivity contribution < 1.29 is 14.0 Å². The van der Waals surface area contributed by atoms with E-state index in [2.05, 4.69) is 13.8 Å². The molecular formula is C12H26NO2+. The summed E-state index contributed by atoms with van der Waals surface area (Å²) in [5.41, 5.74) is 0. The molecule has 0 aromatic rings. The zero-order chi connectivity index (χ0) is 11.0. The summed E-state index contributed by atoms with van der Waals surface area (Å²) >= 11 is 0. The van der Waals surface area contributed by atoms with Gasteiger partial charge in [-0.3, -0.25) is 0 Å². The molecule has 0 N–H and O–H groups in total. The van der Waals surface area contributed by atoms with E-state index in [1.165, 1.54) is 23.9 Å². The smallest absolute Gasteiger partial charge is 0.103 e. The molecule has 0 aromatic heterocycles. The van der Waals surface area contributed by atoms with Gasteiger partial charge in [0.25, 0.3) is 0 Å². The highest BCUT2D eigenvalue weighted by Gasteiger charge is 2.27. The van der Waals surface area contributed by atoms with Gasteiger partial charge in [-0.05, 0) is 13.3 Å². The van der Waals surface area contributed by atoms with Crippen molar-refractivity contribution in [2.45, 2.75) is 26.7 Å². The van der Waals surface area contributed by atoms with E-state index in [0.717, 1.165) is 46.1 Å². The summed E-state index contributed by atoms with van der Waals surface area (Å²) in [5, 5.41) is 0. The number of nitrogens with zero attached hydrogens (tertiary/aromatic N) is 1. The third-order valence-corrected chi connectivity index (χ3v) is 3.44. The molecule has 3 heteroatoms. The average molecular weight is 216 g/mol. The maximum atomic E-state index is 5.65. The number of rotatable bonds is 7. The second-order valence-electron chi connectivity index (χ2n) is 4.41. The van der Waals surface area contributed by atoms with E-state index < -0.39 is 0 Å². The molecule has 1 saturated heterocycles. The van der Waals surface area contributed by atoms with E-state index in [1.807, 2.05) is 0 Å². The minimum Gasteiger partial charge on any atom is -0.376 e. The summed E-state index contributed by atoms with van der Waals surface area (Å²) in [6, 6.07) is 0. The van der Waals surface area contributed by atoms with Gasteiger partial charge in [-0.2, -0.15) is 0 Å². The minimum absolute atomic E-state index is 0.911. The first-order chi connectivity index (χ1) is 7.33. The highest BCUT2D eigenvalue weighted by molar-refractivity contribution is 4.49. The molecule has 15 heavy (non-hydrogen) atoms. The van der Waals surface area contributed by atoms with E-state index in [0.29, 0.717) is 0 Å². The Labute approximate surface area is 93.9 Å². The number of quaternary nitrogens is 1. The van der Waals surface area contributed by atoms with Crippen molar-refractivity contribution in [3.05, 3.63) is 0 Å². The largest absolute Gasteiger partial charge is 0.376 e. The van der Waals surface area contributed by atoms with Crippen LogP contribution in [0.3, 0.4) is 0 Å². The van der Waals surface area contributed by atoms with Gasteiger partial charge >= 0.3 is 0 Å². The first kappa shape index (κ1) is 12.9. The lowest BCUT2D eigenvalue weighted by molar-refractivity contribution is -0.933. The Morgan fingerprint density at radius 2 is 1.87 bits per heavy atom. The molecule has 0 unspecified atom stereocenters. The quantitative estimate of drug-likeness (QED) is 0.476. The molecular weight excluding hydrogens is 190 g/mol. The molecule has 0 saturated carbocycles. The Balaban J connectivity index is 2.15. The van der Waals surface area contributed by atoms with E-state index in [4.69, 9.17) is 9.47 Å². The first-order valence-corrected chi connectivity index (χ1v) is 6.33. The fourth-order valence-electron chi connectivity index (χ4n) is 2.03. The fraction of sp³-hybridized carbons (Fsp3) is 1.00. The van der Waals surface area contributed by atoms with Crippen LogP contribution in [0.5, 0.6) is 0 Å². The summed E-state index contributed by atoms with van der Waals surface area (Å²) in [7, 11) is 0. The molecule has 1 fully saturated rings. The van der Waals surface area contributed by atoms with Crippen LogP contribution in [-0.2, 0) is 9.47 Å². The molecule has 1 aliphatic heterocycles. The topological polar surface area (TPSA) is 18.5 Å². The van der Waals surface area contributed by atoms with Gasteiger partial charge < -0.3 is 14.0 Å². The van der Waals surface area contributed by atoms with Crippen LogP contribution in [0.25, 0.3) is 0 Å². The molecule has 0 spiro atoms. The zero-order valence-corrected chi connectivity index (χ0v) is 10.3. The monoisotopic (exact) mass is 216 g/mol. The minimum atomic E-state index is 0.911. The summed E-state index contributed by atoms with van der Waals surface area (Å²) in [6.07, 6.45) is 2.41. The van der Waals surface area contributed by atoms with Gasteiger partial charge in [0.15, 0.2) is 0 Å². The average Bonchev–Trinajstić information content (AvgIpc) is 2.30. The Hall–Kier alpha value is -0.120. The van der Waals surface area contributed by atoms with E-state index in [9.17, 15) is 0 Å². The van der Waals surface area contributed by atoms with Crippen molar-refractivity contribution in [2.24, 2.45) is 0 Å². The fourth-order valence-corrected chi connectivity index (χ4v) is 2.03. The number of morpholine rings is 1. The van der Waals surface area contributed by atoms with Gasteiger partial charge in [-0.1, -0.05) is 13.3 Å². The number of hydrogen-bond donors (Lipinski definition) is 0. The molecule has 0 aromatic carbocycles. The molecule has 1 rings (SSSR count). The second-order valence-corrected chi connectivity index (χ2v) is 4.41. The SMILES string of the molecule is CCCCOCC[N+]1(CC)CCOCC1. The predicted octanol–water partition coefficient (Wildman–Crippen LogP) is 1.67. The van der Waals surface area contributed by atoms with Gasteiger partial charge in [0, 0.05) is 6.61 Å². The maximum absolute atomic E-state index is 5.65. The van der Waals surface area contributed by atoms with Crippen LogP contribution in [0.15, 0.2) is 0 Å². The van der Waals surface area contributed by atoms with E-state index in [-0.39, 0.29) is 0 Å². The van der Waals surface area contributed by atoms with Gasteiger partial charge in [0.05, 0.1) is 26.4 Å². The normalized spacial score (nSPS) is 20.4. The number of ether oxygens (including phenoxy) is 2. The molecule has 1 heterocycles. The van der Waals surface area contributed by atoms with Crippen molar-refractivity contribution in [1.29, 1.82) is 0 Å². The molecule has 3 nitrogen and oxygen atoms in total. The van der Waals surface area contributed by atoms with Crippen molar-refractivity contribution in [2.75, 3.05) is 52.6 Å². The summed E-state index contributed by atoms with van der Waals surface area (Å²) < 4.78 is 12.2. The molecule has 0 atom stereocenters. The second kappa shape index (κ2) is 7.20. The first-order valence-electron chi connectivity index (χ1n) is 6.33. The Morgan fingerprint density at radius 1 is 1.13 bits per heavy atom. The third-order valence-electron chi connectivity index (χ3n) is 3.44. The molecule has 0 bridgehead atoms. The highest BCUT2D eigenvalue weighted by Crippen LogP contribution is 2.10. The predicted molar refractivity (Wildman–Crippen MR) is 61.9 cm³/mol. The van der Waals surface area contributed by atoms with Crippen LogP contribution in [0, 0.1) is 0 Å². The lowest BCUT2D eigenvalue weighted by Gasteiger charge is -2.40. The van der Waals surface area contributed by atoms with Crippen molar-refractivity contribution >= 4 is 0 Å². The van der Waals surface area contributed by atoms with Gasteiger partial charge in [0.1, 0.15) is 19.6 Å². The Morgan fingerprint density at radius 3 is 2.47 bits per heavy atom. The zero-order valence-electron chi connectivity index (χ0n) is 10.3. The van der Waals surface area contributed by atoms with E-state index >= 15 is 0 Å². The summed E-state index contributed by atoms with van der Waals surface area (Å²) in [6.45, 7) is 12.8. The van der Waals surface area contributed by atoms with Crippen LogP contribution in [0.4, 0.5) is 0 Å². The molecule has 0 radical (unpaired) electrons. The van der Waals surface area contributed by atoms with Crippen LogP contribution in [0.2, 0.25) is 0 Å². The van der Waals surface area contributed by atoms with Crippen LogP contribution in [-0.4, -0.2) is 57.1 Å². The lowest BCUT2D eigenvalue weighted by Crippen LogP contribution is -2.56. The molecule has 90 valence electrons. The lowest BCUT2D eigenvalue weighted by atomic mass is 10.3. The van der Waals surface area contributed by atoms with Gasteiger partial charge in [0.2, 0.25) is 0 Å². The van der Waals surface area contributed by atoms with E-state index in [1.54, 1.807) is 0 Å². The van der Waals surface area contributed by atoms with Crippen molar-refractivity contribution in [3.63, 3.8) is 0 Å². The molecule has 0 aliphatic carbocycles. The Kier molecular flexibility index (Phi) is 6.22. The van der Waals surface area contributed by atoms with Gasteiger partial charge in [-0.15, -0.1) is 0 Å². The maximum Gasteiger partial charge on any atom is 0.103 e. The van der Waals surface area contributed by atoms with Crippen LogP contribution >= 0.6 is 0 Å². The molecule has 0 amide bonds. The number of likely N-dealkylation sites (N-methyl/N-ethyl adjacent to an activating group) is 1.